The van der Waals surface area contributed by atoms with E-state index in [0.717, 1.165) is 13.2 Å². The van der Waals surface area contributed by atoms with Crippen LogP contribution < -0.4 is 5.32 Å². The Hall–Kier alpha value is 0.170. The third kappa shape index (κ3) is 2.42. The first-order valence-electron chi connectivity index (χ1n) is 3.30. The van der Waals surface area contributed by atoms with E-state index in [1.54, 1.807) is 0 Å². The monoisotopic (exact) mass is 167 g/mol. The number of ether oxygens (including phenoxy) is 1. The fourth-order valence-corrected chi connectivity index (χ4v) is 0.984. The van der Waals surface area contributed by atoms with Crippen molar-refractivity contribution in [3.8, 4) is 0 Å². The fourth-order valence-electron chi connectivity index (χ4n) is 0.984. The van der Waals surface area contributed by atoms with E-state index in [-0.39, 0.29) is 31.2 Å². The van der Waals surface area contributed by atoms with Gasteiger partial charge in [-0.15, -0.1) is 12.4 Å². The standard InChI is InChI=1S/C6H13NO2.ClH/c1-5-6(4-8)7-2-3-9-5;/h5-8H,2-4H2,1H3;1H. The molecule has 0 aromatic carbocycles. The molecule has 4 heteroatoms. The number of hydrogen-bond donors (Lipinski definition) is 2. The minimum absolute atomic E-state index is 0. The van der Waals surface area contributed by atoms with Crippen molar-refractivity contribution in [1.29, 1.82) is 0 Å². The minimum Gasteiger partial charge on any atom is -0.395 e. The molecule has 0 saturated carbocycles. The first-order chi connectivity index (χ1) is 4.34. The van der Waals surface area contributed by atoms with Crippen molar-refractivity contribution >= 4 is 12.4 Å². The fraction of sp³-hybridized carbons (Fsp3) is 1.00. The highest BCUT2D eigenvalue weighted by molar-refractivity contribution is 5.85. The lowest BCUT2D eigenvalue weighted by molar-refractivity contribution is -0.00795. The van der Waals surface area contributed by atoms with Gasteiger partial charge in [-0.3, -0.25) is 0 Å². The molecule has 0 amide bonds. The van der Waals surface area contributed by atoms with Gasteiger partial charge in [0.1, 0.15) is 0 Å². The van der Waals surface area contributed by atoms with Crippen LogP contribution in [0.15, 0.2) is 0 Å². The maximum Gasteiger partial charge on any atom is 0.0723 e. The third-order valence-corrected chi connectivity index (χ3v) is 1.65. The van der Waals surface area contributed by atoms with Crippen molar-refractivity contribution in [1.82, 2.24) is 5.32 Å². The molecule has 3 nitrogen and oxygen atoms in total. The normalized spacial score (nSPS) is 33.0. The molecule has 10 heavy (non-hydrogen) atoms. The SMILES string of the molecule is CC1OCCNC1CO.Cl. The quantitative estimate of drug-likeness (QED) is 0.568. The van der Waals surface area contributed by atoms with E-state index < -0.39 is 0 Å². The summed E-state index contributed by atoms with van der Waals surface area (Å²) in [6.07, 6.45) is 0.156. The van der Waals surface area contributed by atoms with E-state index in [1.165, 1.54) is 0 Å². The molecule has 0 aromatic heterocycles. The molecule has 62 valence electrons. The summed E-state index contributed by atoms with van der Waals surface area (Å²) in [5.41, 5.74) is 0. The van der Waals surface area contributed by atoms with E-state index in [0.29, 0.717) is 0 Å². The lowest BCUT2D eigenvalue weighted by Crippen LogP contribution is -2.48. The Balaban J connectivity index is 0.000000810. The van der Waals surface area contributed by atoms with E-state index in [9.17, 15) is 0 Å². The van der Waals surface area contributed by atoms with E-state index in [1.807, 2.05) is 6.92 Å². The van der Waals surface area contributed by atoms with Crippen molar-refractivity contribution in [2.75, 3.05) is 19.8 Å². The number of rotatable bonds is 1. The minimum atomic E-state index is 0. The third-order valence-electron chi connectivity index (χ3n) is 1.65. The summed E-state index contributed by atoms with van der Waals surface area (Å²) in [4.78, 5) is 0. The van der Waals surface area contributed by atoms with Gasteiger partial charge in [0.05, 0.1) is 25.4 Å². The first-order valence-corrected chi connectivity index (χ1v) is 3.30. The van der Waals surface area contributed by atoms with Crippen LogP contribution in [0.3, 0.4) is 0 Å². The summed E-state index contributed by atoms with van der Waals surface area (Å²) >= 11 is 0. The van der Waals surface area contributed by atoms with Crippen LogP contribution in [0, 0.1) is 0 Å². The highest BCUT2D eigenvalue weighted by Crippen LogP contribution is 2.01. The molecule has 0 aromatic rings. The molecular formula is C6H14ClNO2. The molecule has 0 radical (unpaired) electrons. The van der Waals surface area contributed by atoms with Gasteiger partial charge in [-0.2, -0.15) is 0 Å². The Morgan fingerprint density at radius 2 is 2.40 bits per heavy atom. The highest BCUT2D eigenvalue weighted by atomic mass is 35.5. The lowest BCUT2D eigenvalue weighted by atomic mass is 10.2. The molecule has 0 aliphatic carbocycles. The lowest BCUT2D eigenvalue weighted by Gasteiger charge is -2.28. The number of hydrogen-bond acceptors (Lipinski definition) is 3. The Bertz CT molecular complexity index is 91.8. The molecule has 2 unspecified atom stereocenters. The highest BCUT2D eigenvalue weighted by Gasteiger charge is 2.19. The van der Waals surface area contributed by atoms with Gasteiger partial charge in [0.15, 0.2) is 0 Å². The molecule has 2 atom stereocenters. The molecule has 1 fully saturated rings. The van der Waals surface area contributed by atoms with Gasteiger partial charge in [0, 0.05) is 6.54 Å². The second kappa shape index (κ2) is 4.91. The van der Waals surface area contributed by atoms with Crippen LogP contribution in [0.1, 0.15) is 6.92 Å². The average molecular weight is 168 g/mol. The molecule has 0 bridgehead atoms. The number of morpholine rings is 1. The maximum absolute atomic E-state index is 8.72. The predicted molar refractivity (Wildman–Crippen MR) is 41.5 cm³/mol. The van der Waals surface area contributed by atoms with Crippen LogP contribution in [-0.2, 0) is 4.74 Å². The summed E-state index contributed by atoms with van der Waals surface area (Å²) in [5.74, 6) is 0. The van der Waals surface area contributed by atoms with Crippen LogP contribution in [0.25, 0.3) is 0 Å². The second-order valence-corrected chi connectivity index (χ2v) is 2.32. The molecule has 1 aliphatic rings. The van der Waals surface area contributed by atoms with Crippen LogP contribution in [-0.4, -0.2) is 37.0 Å². The zero-order chi connectivity index (χ0) is 6.69. The molecule has 1 aliphatic heterocycles. The largest absolute Gasteiger partial charge is 0.395 e. The first kappa shape index (κ1) is 10.2. The molecule has 1 heterocycles. The van der Waals surface area contributed by atoms with Gasteiger partial charge < -0.3 is 15.2 Å². The van der Waals surface area contributed by atoms with Gasteiger partial charge >= 0.3 is 0 Å². The van der Waals surface area contributed by atoms with Gasteiger partial charge in [-0.25, -0.2) is 0 Å². The van der Waals surface area contributed by atoms with Crippen LogP contribution in [0.4, 0.5) is 0 Å². The molecular weight excluding hydrogens is 154 g/mol. The smallest absolute Gasteiger partial charge is 0.0723 e. The van der Waals surface area contributed by atoms with Gasteiger partial charge in [0.25, 0.3) is 0 Å². The van der Waals surface area contributed by atoms with Crippen molar-refractivity contribution in [2.45, 2.75) is 19.1 Å². The second-order valence-electron chi connectivity index (χ2n) is 2.32. The average Bonchev–Trinajstić information content (AvgIpc) is 1.89. The molecule has 1 saturated heterocycles. The van der Waals surface area contributed by atoms with Crippen molar-refractivity contribution in [3.05, 3.63) is 0 Å². The Morgan fingerprint density at radius 3 is 2.80 bits per heavy atom. The summed E-state index contributed by atoms with van der Waals surface area (Å²) in [6.45, 7) is 3.75. The summed E-state index contributed by atoms with van der Waals surface area (Å²) in [5, 5.41) is 11.9. The Labute approximate surface area is 67.2 Å². The zero-order valence-corrected chi connectivity index (χ0v) is 6.86. The Morgan fingerprint density at radius 1 is 1.70 bits per heavy atom. The van der Waals surface area contributed by atoms with E-state index in [2.05, 4.69) is 5.32 Å². The van der Waals surface area contributed by atoms with Crippen molar-refractivity contribution in [2.24, 2.45) is 0 Å². The van der Waals surface area contributed by atoms with Crippen molar-refractivity contribution < 1.29 is 9.84 Å². The zero-order valence-electron chi connectivity index (χ0n) is 6.04. The van der Waals surface area contributed by atoms with Gasteiger partial charge in [0.2, 0.25) is 0 Å². The summed E-state index contributed by atoms with van der Waals surface area (Å²) < 4.78 is 5.26. The number of nitrogens with one attached hydrogen (secondary N) is 1. The molecule has 2 N–H and O–H groups in total. The maximum atomic E-state index is 8.72. The number of halogens is 1. The van der Waals surface area contributed by atoms with E-state index in [4.69, 9.17) is 9.84 Å². The summed E-state index contributed by atoms with van der Waals surface area (Å²) in [6, 6.07) is 0.138. The number of aliphatic hydroxyl groups excluding tert-OH is 1. The van der Waals surface area contributed by atoms with Gasteiger partial charge in [-0.05, 0) is 6.92 Å². The Kier molecular flexibility index (Phi) is 4.99. The van der Waals surface area contributed by atoms with Crippen LogP contribution >= 0.6 is 12.4 Å². The molecule has 0 spiro atoms. The van der Waals surface area contributed by atoms with Crippen LogP contribution in [0.2, 0.25) is 0 Å². The summed E-state index contributed by atoms with van der Waals surface area (Å²) in [7, 11) is 0. The number of aliphatic hydroxyl groups is 1. The van der Waals surface area contributed by atoms with Crippen LogP contribution in [0.5, 0.6) is 0 Å². The molecule has 1 rings (SSSR count). The van der Waals surface area contributed by atoms with Gasteiger partial charge in [-0.1, -0.05) is 0 Å². The van der Waals surface area contributed by atoms with Crippen molar-refractivity contribution in [3.63, 3.8) is 0 Å². The van der Waals surface area contributed by atoms with E-state index >= 15 is 0 Å². The topological polar surface area (TPSA) is 41.5 Å². The predicted octanol–water partition coefficient (Wildman–Crippen LogP) is -0.223.